The average molecular weight is 354 g/mol. The number of esters is 1. The molecule has 0 aromatic heterocycles. The van der Waals surface area contributed by atoms with E-state index in [2.05, 4.69) is 5.32 Å². The van der Waals surface area contributed by atoms with Crippen LogP contribution < -0.4 is 5.32 Å². The van der Waals surface area contributed by atoms with Crippen molar-refractivity contribution in [3.63, 3.8) is 0 Å². The van der Waals surface area contributed by atoms with E-state index in [4.69, 9.17) is 16.3 Å². The van der Waals surface area contributed by atoms with Crippen LogP contribution in [-0.2, 0) is 16.1 Å². The second kappa shape index (κ2) is 7.88. The molecule has 0 radical (unpaired) electrons. The van der Waals surface area contributed by atoms with Crippen molar-refractivity contribution in [2.75, 3.05) is 6.61 Å². The number of hydrogen-bond donors (Lipinski definition) is 1. The molecular weight excluding hydrogens is 340 g/mol. The monoisotopic (exact) mass is 353 g/mol. The van der Waals surface area contributed by atoms with Crippen molar-refractivity contribution >= 4 is 23.5 Å². The van der Waals surface area contributed by atoms with Crippen LogP contribution in [0.2, 0.25) is 5.02 Å². The van der Waals surface area contributed by atoms with Gasteiger partial charge in [-0.1, -0.05) is 41.4 Å². The summed E-state index contributed by atoms with van der Waals surface area (Å²) in [6.45, 7) is 1.67. The van der Waals surface area contributed by atoms with E-state index in [1.807, 2.05) is 31.2 Å². The number of carbonyl (C=O) groups excluding carboxylic acids is 2. The van der Waals surface area contributed by atoms with Crippen LogP contribution in [0.3, 0.4) is 0 Å². The van der Waals surface area contributed by atoms with Gasteiger partial charge in [-0.3, -0.25) is 4.79 Å². The maximum atomic E-state index is 13.1. The summed E-state index contributed by atoms with van der Waals surface area (Å²) >= 11 is 5.66. The van der Waals surface area contributed by atoms with Gasteiger partial charge < -0.3 is 10.1 Å². The highest BCUT2D eigenvalue weighted by molar-refractivity contribution is 6.33. The summed E-state index contributed by atoms with van der Waals surface area (Å²) in [4.78, 5) is 23.4. The normalized spacial score (nSPS) is 10.3. The van der Waals surface area contributed by atoms with Crippen molar-refractivity contribution in [2.24, 2.45) is 0 Å². The van der Waals surface area contributed by atoms with Gasteiger partial charge in [-0.05, 0) is 24.6 Å². The van der Waals surface area contributed by atoms with Crippen LogP contribution in [0.25, 0.3) is 0 Å². The zero-order valence-electron chi connectivity index (χ0n) is 12.7. The van der Waals surface area contributed by atoms with Gasteiger partial charge in [-0.15, -0.1) is 0 Å². The molecule has 0 bridgehead atoms. The predicted octanol–water partition coefficient (Wildman–Crippen LogP) is 3.40. The molecule has 2 rings (SSSR count). The molecule has 2 aromatic carbocycles. The van der Waals surface area contributed by atoms with Gasteiger partial charge in [0.05, 0.1) is 10.6 Å². The van der Waals surface area contributed by atoms with E-state index in [1.54, 1.807) is 0 Å². The fourth-order valence-corrected chi connectivity index (χ4v) is 2.07. The highest BCUT2D eigenvalue weighted by atomic mass is 35.5. The molecule has 1 N–H and O–H groups in total. The Kier molecular flexibility index (Phi) is 5.87. The lowest BCUT2D eigenvalue weighted by Gasteiger charge is -2.08. The quantitative estimate of drug-likeness (QED) is 0.662. The average Bonchev–Trinajstić information content (AvgIpc) is 2.55. The summed E-state index contributed by atoms with van der Waals surface area (Å²) in [7, 11) is 0. The minimum absolute atomic E-state index is 0.280. The summed E-state index contributed by atoms with van der Waals surface area (Å²) in [6.07, 6.45) is 0. The van der Waals surface area contributed by atoms with Gasteiger partial charge in [0.2, 0.25) is 0 Å². The fraction of sp³-hybridized carbons (Fsp3) is 0.176. The molecule has 0 spiro atoms. The Hall–Kier alpha value is -2.47. The van der Waals surface area contributed by atoms with Gasteiger partial charge in [0, 0.05) is 6.54 Å². The Balaban J connectivity index is 1.86. The summed E-state index contributed by atoms with van der Waals surface area (Å²) < 4.78 is 30.8. The molecule has 0 fully saturated rings. The molecule has 126 valence electrons. The van der Waals surface area contributed by atoms with Crippen LogP contribution in [0.1, 0.15) is 21.5 Å². The lowest BCUT2D eigenvalue weighted by molar-refractivity contribution is -0.124. The first kappa shape index (κ1) is 17.9. The van der Waals surface area contributed by atoms with E-state index in [9.17, 15) is 18.4 Å². The maximum absolute atomic E-state index is 13.1. The largest absolute Gasteiger partial charge is 0.452 e. The molecule has 0 aliphatic rings. The van der Waals surface area contributed by atoms with Crippen molar-refractivity contribution in [3.8, 4) is 0 Å². The van der Waals surface area contributed by atoms with Gasteiger partial charge in [0.1, 0.15) is 0 Å². The molecule has 0 unspecified atom stereocenters. The van der Waals surface area contributed by atoms with Crippen molar-refractivity contribution in [1.29, 1.82) is 0 Å². The van der Waals surface area contributed by atoms with Crippen LogP contribution in [0.4, 0.5) is 8.78 Å². The lowest BCUT2D eigenvalue weighted by Crippen LogP contribution is -2.28. The second-order valence-corrected chi connectivity index (χ2v) is 5.49. The van der Waals surface area contributed by atoms with Crippen molar-refractivity contribution in [1.82, 2.24) is 5.32 Å². The molecule has 0 saturated carbocycles. The number of amides is 1. The lowest BCUT2D eigenvalue weighted by atomic mass is 10.1. The first-order chi connectivity index (χ1) is 11.4. The van der Waals surface area contributed by atoms with Crippen LogP contribution in [0, 0.1) is 18.6 Å². The van der Waals surface area contributed by atoms with Crippen LogP contribution >= 0.6 is 11.6 Å². The van der Waals surface area contributed by atoms with E-state index in [0.717, 1.165) is 11.1 Å². The summed E-state index contributed by atoms with van der Waals surface area (Å²) in [5.41, 5.74) is 1.65. The Morgan fingerprint density at radius 3 is 2.42 bits per heavy atom. The van der Waals surface area contributed by atoms with Crippen LogP contribution in [-0.4, -0.2) is 18.5 Å². The van der Waals surface area contributed by atoms with Gasteiger partial charge in [-0.2, -0.15) is 0 Å². The minimum Gasteiger partial charge on any atom is -0.452 e. The number of nitrogens with one attached hydrogen (secondary N) is 1. The van der Waals surface area contributed by atoms with Gasteiger partial charge in [0.25, 0.3) is 5.91 Å². The van der Waals surface area contributed by atoms with E-state index >= 15 is 0 Å². The maximum Gasteiger partial charge on any atom is 0.340 e. The number of halogens is 3. The molecule has 1 amide bonds. The van der Waals surface area contributed by atoms with E-state index < -0.39 is 30.1 Å². The molecule has 0 aliphatic heterocycles. The van der Waals surface area contributed by atoms with Gasteiger partial charge in [-0.25, -0.2) is 13.6 Å². The third-order valence-corrected chi connectivity index (χ3v) is 3.49. The number of rotatable bonds is 5. The van der Waals surface area contributed by atoms with Gasteiger partial charge in [0.15, 0.2) is 18.2 Å². The molecule has 4 nitrogen and oxygen atoms in total. The minimum atomic E-state index is -1.23. The fourth-order valence-electron chi connectivity index (χ4n) is 1.85. The van der Waals surface area contributed by atoms with E-state index in [1.165, 1.54) is 0 Å². The number of ether oxygens (including phenoxy) is 1. The second-order valence-electron chi connectivity index (χ2n) is 5.08. The predicted molar refractivity (Wildman–Crippen MR) is 84.7 cm³/mol. The third-order valence-electron chi connectivity index (χ3n) is 3.17. The summed E-state index contributed by atoms with van der Waals surface area (Å²) in [6, 6.07) is 8.85. The zero-order valence-corrected chi connectivity index (χ0v) is 13.5. The Bertz CT molecular complexity index is 763. The summed E-state index contributed by atoms with van der Waals surface area (Å²) in [5, 5.41) is 2.28. The van der Waals surface area contributed by atoms with Crippen LogP contribution in [0.5, 0.6) is 0 Å². The van der Waals surface area contributed by atoms with Gasteiger partial charge >= 0.3 is 5.97 Å². The highest BCUT2D eigenvalue weighted by Crippen LogP contribution is 2.20. The molecule has 0 heterocycles. The summed E-state index contributed by atoms with van der Waals surface area (Å²) in [5.74, 6) is -3.94. The smallest absolute Gasteiger partial charge is 0.340 e. The topological polar surface area (TPSA) is 55.4 Å². The molecule has 7 heteroatoms. The molecule has 2 aromatic rings. The third kappa shape index (κ3) is 4.76. The highest BCUT2D eigenvalue weighted by Gasteiger charge is 2.17. The first-order valence-electron chi connectivity index (χ1n) is 7.00. The van der Waals surface area contributed by atoms with E-state index in [0.29, 0.717) is 12.1 Å². The molecule has 0 aliphatic carbocycles. The molecule has 0 saturated heterocycles. The number of aryl methyl sites for hydroxylation is 1. The van der Waals surface area contributed by atoms with Crippen molar-refractivity contribution in [3.05, 3.63) is 69.7 Å². The Morgan fingerprint density at radius 2 is 1.75 bits per heavy atom. The Labute approximate surface area is 142 Å². The van der Waals surface area contributed by atoms with Crippen LogP contribution in [0.15, 0.2) is 36.4 Å². The van der Waals surface area contributed by atoms with Crippen molar-refractivity contribution in [2.45, 2.75) is 13.5 Å². The standard InChI is InChI=1S/C17H14ClF2NO3/c1-10-2-4-11(5-3-10)8-21-16(22)9-24-17(23)12-6-14(19)15(20)7-13(12)18/h2-7H,8-9H2,1H3,(H,21,22). The Morgan fingerprint density at radius 1 is 1.12 bits per heavy atom. The zero-order chi connectivity index (χ0) is 17.7. The number of benzene rings is 2. The molecular formula is C17H14ClF2NO3. The SMILES string of the molecule is Cc1ccc(CNC(=O)COC(=O)c2cc(F)c(F)cc2Cl)cc1. The van der Waals surface area contributed by atoms with Crippen molar-refractivity contribution < 1.29 is 23.1 Å². The number of carbonyl (C=O) groups is 2. The first-order valence-corrected chi connectivity index (χ1v) is 7.38. The number of hydrogen-bond acceptors (Lipinski definition) is 3. The van der Waals surface area contributed by atoms with E-state index in [-0.39, 0.29) is 17.1 Å². The molecule has 0 atom stereocenters. The molecule has 24 heavy (non-hydrogen) atoms.